The van der Waals surface area contributed by atoms with E-state index >= 15 is 0 Å². The lowest BCUT2D eigenvalue weighted by atomic mass is 10.2. The molecule has 0 aliphatic rings. The van der Waals surface area contributed by atoms with Crippen molar-refractivity contribution in [1.29, 1.82) is 0 Å². The zero-order valence-corrected chi connectivity index (χ0v) is 12.2. The molecule has 0 saturated heterocycles. The molecule has 0 aliphatic carbocycles. The van der Waals surface area contributed by atoms with Gasteiger partial charge in [0.15, 0.2) is 0 Å². The molecule has 0 aromatic carbocycles. The number of nitrogens with two attached hydrogens (primary N) is 1. The van der Waals surface area contributed by atoms with Gasteiger partial charge in [-0.25, -0.2) is 4.98 Å². The molecular formula is C13H20N4S. The minimum atomic E-state index is 0.362. The first-order chi connectivity index (χ1) is 8.56. The molecule has 0 aliphatic heterocycles. The van der Waals surface area contributed by atoms with Crippen LogP contribution in [0.25, 0.3) is 10.2 Å². The van der Waals surface area contributed by atoms with Gasteiger partial charge in [0.2, 0.25) is 5.95 Å². The fourth-order valence-electron chi connectivity index (χ4n) is 2.13. The molecule has 98 valence electrons. The number of hydrogen-bond acceptors (Lipinski definition) is 5. The second-order valence-electron chi connectivity index (χ2n) is 4.57. The van der Waals surface area contributed by atoms with E-state index in [1.807, 2.05) is 0 Å². The maximum atomic E-state index is 5.83. The van der Waals surface area contributed by atoms with Crippen LogP contribution in [0, 0.1) is 0 Å². The third-order valence-electron chi connectivity index (χ3n) is 3.03. The number of anilines is 2. The van der Waals surface area contributed by atoms with Gasteiger partial charge in [0.25, 0.3) is 0 Å². The highest BCUT2D eigenvalue weighted by atomic mass is 32.1. The van der Waals surface area contributed by atoms with Crippen LogP contribution in [-0.2, 0) is 6.42 Å². The van der Waals surface area contributed by atoms with Crippen LogP contribution in [0.15, 0.2) is 6.07 Å². The molecule has 2 rings (SSSR count). The van der Waals surface area contributed by atoms with Gasteiger partial charge in [0.05, 0.1) is 5.39 Å². The molecule has 18 heavy (non-hydrogen) atoms. The summed E-state index contributed by atoms with van der Waals surface area (Å²) in [5.41, 5.74) is 5.83. The highest BCUT2D eigenvalue weighted by Gasteiger charge is 2.17. The van der Waals surface area contributed by atoms with E-state index in [4.69, 9.17) is 5.73 Å². The van der Waals surface area contributed by atoms with Crippen LogP contribution in [0.2, 0.25) is 0 Å². The lowest BCUT2D eigenvalue weighted by Crippen LogP contribution is -2.31. The van der Waals surface area contributed by atoms with E-state index in [0.29, 0.717) is 12.0 Å². The van der Waals surface area contributed by atoms with Crippen LogP contribution in [0.5, 0.6) is 0 Å². The van der Waals surface area contributed by atoms with E-state index in [1.54, 1.807) is 11.3 Å². The van der Waals surface area contributed by atoms with E-state index in [-0.39, 0.29) is 0 Å². The quantitative estimate of drug-likeness (QED) is 0.922. The summed E-state index contributed by atoms with van der Waals surface area (Å²) in [6, 6.07) is 2.59. The van der Waals surface area contributed by atoms with E-state index in [9.17, 15) is 0 Å². The molecule has 0 atom stereocenters. The van der Waals surface area contributed by atoms with Crippen molar-refractivity contribution < 1.29 is 0 Å². The molecule has 4 nitrogen and oxygen atoms in total. The minimum absolute atomic E-state index is 0.362. The number of aromatic nitrogens is 2. The predicted molar refractivity (Wildman–Crippen MR) is 79.4 cm³/mol. The number of rotatable bonds is 4. The zero-order chi connectivity index (χ0) is 13.3. The molecule has 5 heteroatoms. The molecule has 0 bridgehead atoms. The highest BCUT2D eigenvalue weighted by molar-refractivity contribution is 7.18. The normalized spacial score (nSPS) is 11.4. The Labute approximate surface area is 112 Å². The summed E-state index contributed by atoms with van der Waals surface area (Å²) >= 11 is 1.71. The molecule has 2 aromatic rings. The molecule has 2 heterocycles. The average molecular weight is 264 g/mol. The number of thiophene rings is 1. The Morgan fingerprint density at radius 1 is 1.33 bits per heavy atom. The van der Waals surface area contributed by atoms with Gasteiger partial charge in [0.1, 0.15) is 10.6 Å². The van der Waals surface area contributed by atoms with Crippen LogP contribution in [0.1, 0.15) is 32.6 Å². The Balaban J connectivity index is 2.63. The molecule has 0 radical (unpaired) electrons. The van der Waals surface area contributed by atoms with Gasteiger partial charge < -0.3 is 10.6 Å². The van der Waals surface area contributed by atoms with Crippen molar-refractivity contribution in [2.24, 2.45) is 0 Å². The van der Waals surface area contributed by atoms with Crippen molar-refractivity contribution in [2.75, 3.05) is 17.2 Å². The highest BCUT2D eigenvalue weighted by Crippen LogP contribution is 2.32. The van der Waals surface area contributed by atoms with Gasteiger partial charge in [-0.2, -0.15) is 4.98 Å². The van der Waals surface area contributed by atoms with Crippen LogP contribution < -0.4 is 10.6 Å². The molecule has 0 fully saturated rings. The Hall–Kier alpha value is -1.36. The molecule has 0 unspecified atom stereocenters. The van der Waals surface area contributed by atoms with Crippen LogP contribution in [0.3, 0.4) is 0 Å². The van der Waals surface area contributed by atoms with Crippen molar-refractivity contribution in [3.8, 4) is 0 Å². The fourth-order valence-corrected chi connectivity index (χ4v) is 3.09. The van der Waals surface area contributed by atoms with Crippen molar-refractivity contribution in [3.05, 3.63) is 10.9 Å². The van der Waals surface area contributed by atoms with Gasteiger partial charge in [0, 0.05) is 17.5 Å². The lowest BCUT2D eigenvalue weighted by molar-refractivity contribution is 0.696. The monoisotopic (exact) mass is 264 g/mol. The first kappa shape index (κ1) is 13.1. The SMILES string of the molecule is CCc1cc2c(N(CC)C(C)C)nc(N)nc2s1. The predicted octanol–water partition coefficient (Wildman–Crippen LogP) is 3.07. The maximum absolute atomic E-state index is 5.83. The summed E-state index contributed by atoms with van der Waals surface area (Å²) in [5.74, 6) is 1.33. The summed E-state index contributed by atoms with van der Waals surface area (Å²) in [4.78, 5) is 13.4. The van der Waals surface area contributed by atoms with Crippen molar-refractivity contribution in [3.63, 3.8) is 0 Å². The van der Waals surface area contributed by atoms with Crippen molar-refractivity contribution >= 4 is 33.3 Å². The number of nitrogen functional groups attached to an aromatic ring is 1. The maximum Gasteiger partial charge on any atom is 0.223 e. The molecule has 0 spiro atoms. The Kier molecular flexibility index (Phi) is 3.71. The van der Waals surface area contributed by atoms with Crippen LogP contribution in [0.4, 0.5) is 11.8 Å². The van der Waals surface area contributed by atoms with Crippen molar-refractivity contribution in [1.82, 2.24) is 9.97 Å². The molecule has 2 aromatic heterocycles. The van der Waals surface area contributed by atoms with Crippen LogP contribution >= 0.6 is 11.3 Å². The van der Waals surface area contributed by atoms with E-state index < -0.39 is 0 Å². The van der Waals surface area contributed by atoms with E-state index in [2.05, 4.69) is 48.6 Å². The fraction of sp³-hybridized carbons (Fsp3) is 0.538. The second kappa shape index (κ2) is 5.10. The number of fused-ring (bicyclic) bond motifs is 1. The summed E-state index contributed by atoms with van der Waals surface area (Å²) < 4.78 is 0. The molecular weight excluding hydrogens is 244 g/mol. The largest absolute Gasteiger partial charge is 0.368 e. The Morgan fingerprint density at radius 2 is 2.06 bits per heavy atom. The summed E-state index contributed by atoms with van der Waals surface area (Å²) in [7, 11) is 0. The van der Waals surface area contributed by atoms with Crippen LogP contribution in [-0.4, -0.2) is 22.6 Å². The molecule has 0 saturated carbocycles. The third kappa shape index (κ3) is 2.27. The number of nitrogens with zero attached hydrogens (tertiary/aromatic N) is 3. The standard InChI is InChI=1S/C13H20N4S/c1-5-9-7-10-11(17(6-2)8(3)4)15-13(14)16-12(10)18-9/h7-8H,5-6H2,1-4H3,(H2,14,15,16). The minimum Gasteiger partial charge on any atom is -0.368 e. The first-order valence-corrected chi connectivity index (χ1v) is 7.21. The number of aryl methyl sites for hydroxylation is 1. The summed E-state index contributed by atoms with van der Waals surface area (Å²) in [5, 5.41) is 1.13. The molecule has 2 N–H and O–H groups in total. The first-order valence-electron chi connectivity index (χ1n) is 6.39. The second-order valence-corrected chi connectivity index (χ2v) is 5.69. The molecule has 0 amide bonds. The van der Waals surface area contributed by atoms with Gasteiger partial charge in [-0.3, -0.25) is 0 Å². The smallest absolute Gasteiger partial charge is 0.223 e. The van der Waals surface area contributed by atoms with Gasteiger partial charge in [-0.1, -0.05) is 6.92 Å². The topological polar surface area (TPSA) is 55.0 Å². The Morgan fingerprint density at radius 3 is 2.61 bits per heavy atom. The van der Waals surface area contributed by atoms with Crippen molar-refractivity contribution in [2.45, 2.75) is 40.2 Å². The number of hydrogen-bond donors (Lipinski definition) is 1. The van der Waals surface area contributed by atoms with Gasteiger partial charge >= 0.3 is 0 Å². The summed E-state index contributed by atoms with van der Waals surface area (Å²) in [6.07, 6.45) is 1.02. The lowest BCUT2D eigenvalue weighted by Gasteiger charge is -2.26. The van der Waals surface area contributed by atoms with E-state index in [1.165, 1.54) is 4.88 Å². The van der Waals surface area contributed by atoms with Gasteiger partial charge in [-0.15, -0.1) is 11.3 Å². The average Bonchev–Trinajstić information content (AvgIpc) is 2.72. The zero-order valence-electron chi connectivity index (χ0n) is 11.4. The Bertz CT molecular complexity index is 547. The third-order valence-corrected chi connectivity index (χ3v) is 4.20. The van der Waals surface area contributed by atoms with Gasteiger partial charge in [-0.05, 0) is 33.3 Å². The summed E-state index contributed by atoms with van der Waals surface area (Å²) in [6.45, 7) is 9.54. The van der Waals surface area contributed by atoms with E-state index in [0.717, 1.165) is 29.0 Å².